The zero-order valence-corrected chi connectivity index (χ0v) is 12.8. The van der Waals surface area contributed by atoms with Crippen molar-refractivity contribution in [1.29, 1.82) is 0 Å². The number of amides is 1. The fourth-order valence-electron chi connectivity index (χ4n) is 3.08. The first kappa shape index (κ1) is 15.2. The first-order valence-corrected chi connectivity index (χ1v) is 7.89. The Bertz CT molecular complexity index is 604. The van der Waals surface area contributed by atoms with Gasteiger partial charge in [0.2, 0.25) is 5.91 Å². The largest absolute Gasteiger partial charge is 0.493 e. The topological polar surface area (TPSA) is 75.6 Å². The summed E-state index contributed by atoms with van der Waals surface area (Å²) in [4.78, 5) is 23.4. The summed E-state index contributed by atoms with van der Waals surface area (Å²) in [6.45, 7) is 0.584. The van der Waals surface area contributed by atoms with Crippen molar-refractivity contribution in [3.63, 3.8) is 0 Å². The van der Waals surface area contributed by atoms with Gasteiger partial charge in [0.05, 0.1) is 24.5 Å². The van der Waals surface area contributed by atoms with E-state index in [1.165, 1.54) is 0 Å². The van der Waals surface area contributed by atoms with Crippen LogP contribution in [-0.4, -0.2) is 23.6 Å². The van der Waals surface area contributed by atoms with Crippen LogP contribution in [-0.2, 0) is 9.59 Å². The van der Waals surface area contributed by atoms with E-state index in [0.29, 0.717) is 30.2 Å². The average molecular weight is 324 g/mol. The zero-order chi connectivity index (χ0) is 15.7. The van der Waals surface area contributed by atoms with Crippen molar-refractivity contribution in [2.75, 3.05) is 6.61 Å². The SMILES string of the molecule is O=C(O)C1CCC1C(=O)NC1CCCOc2cc(Cl)ccc21. The van der Waals surface area contributed by atoms with Crippen molar-refractivity contribution >= 4 is 23.5 Å². The molecule has 1 saturated carbocycles. The molecule has 1 fully saturated rings. The first-order valence-electron chi connectivity index (χ1n) is 7.51. The minimum Gasteiger partial charge on any atom is -0.493 e. The lowest BCUT2D eigenvalue weighted by atomic mass is 9.73. The van der Waals surface area contributed by atoms with E-state index in [1.54, 1.807) is 12.1 Å². The van der Waals surface area contributed by atoms with Crippen LogP contribution in [0.3, 0.4) is 0 Å². The Balaban J connectivity index is 1.75. The lowest BCUT2D eigenvalue weighted by Crippen LogP contribution is -2.45. The number of carbonyl (C=O) groups is 2. The molecule has 3 atom stereocenters. The van der Waals surface area contributed by atoms with Crippen LogP contribution in [0.25, 0.3) is 0 Å². The van der Waals surface area contributed by atoms with Crippen LogP contribution >= 0.6 is 11.6 Å². The van der Waals surface area contributed by atoms with Crippen LogP contribution < -0.4 is 10.1 Å². The number of fused-ring (bicyclic) bond motifs is 1. The Labute approximate surface area is 133 Å². The van der Waals surface area contributed by atoms with Crippen molar-refractivity contribution in [1.82, 2.24) is 5.32 Å². The molecule has 1 aromatic carbocycles. The molecule has 3 unspecified atom stereocenters. The smallest absolute Gasteiger partial charge is 0.307 e. The monoisotopic (exact) mass is 323 g/mol. The van der Waals surface area contributed by atoms with Gasteiger partial charge in [-0.05, 0) is 37.8 Å². The van der Waals surface area contributed by atoms with Gasteiger partial charge in [0.15, 0.2) is 0 Å². The first-order chi connectivity index (χ1) is 10.6. The summed E-state index contributed by atoms with van der Waals surface area (Å²) in [6.07, 6.45) is 2.81. The number of benzene rings is 1. The van der Waals surface area contributed by atoms with Crippen LogP contribution in [0.15, 0.2) is 18.2 Å². The van der Waals surface area contributed by atoms with Crippen LogP contribution in [0.5, 0.6) is 5.75 Å². The summed E-state index contributed by atoms with van der Waals surface area (Å²) in [6, 6.07) is 5.24. The number of nitrogens with one attached hydrogen (secondary N) is 1. The molecule has 1 aromatic rings. The predicted molar refractivity (Wildman–Crippen MR) is 80.9 cm³/mol. The zero-order valence-electron chi connectivity index (χ0n) is 12.0. The molecule has 1 aliphatic heterocycles. The molecule has 118 valence electrons. The predicted octanol–water partition coefficient (Wildman–Crippen LogP) is 2.78. The van der Waals surface area contributed by atoms with Gasteiger partial charge in [-0.25, -0.2) is 0 Å². The number of carbonyl (C=O) groups excluding carboxylic acids is 1. The summed E-state index contributed by atoms with van der Waals surface area (Å²) in [7, 11) is 0. The molecule has 1 amide bonds. The third kappa shape index (κ3) is 2.90. The molecule has 2 aliphatic rings. The maximum atomic E-state index is 12.4. The molecular weight excluding hydrogens is 306 g/mol. The minimum absolute atomic E-state index is 0.155. The molecule has 1 heterocycles. The fourth-order valence-corrected chi connectivity index (χ4v) is 3.25. The molecule has 2 N–H and O–H groups in total. The van der Waals surface area contributed by atoms with Crippen molar-refractivity contribution in [3.8, 4) is 5.75 Å². The van der Waals surface area contributed by atoms with Gasteiger partial charge < -0.3 is 15.2 Å². The Morgan fingerprint density at radius 1 is 1.23 bits per heavy atom. The van der Waals surface area contributed by atoms with E-state index < -0.39 is 17.8 Å². The van der Waals surface area contributed by atoms with Gasteiger partial charge in [-0.3, -0.25) is 9.59 Å². The number of hydrogen-bond donors (Lipinski definition) is 2. The molecule has 0 bridgehead atoms. The van der Waals surface area contributed by atoms with Crippen molar-refractivity contribution in [3.05, 3.63) is 28.8 Å². The van der Waals surface area contributed by atoms with E-state index in [9.17, 15) is 9.59 Å². The summed E-state index contributed by atoms with van der Waals surface area (Å²) in [5, 5.41) is 12.7. The van der Waals surface area contributed by atoms with Gasteiger partial charge in [0.25, 0.3) is 0 Å². The van der Waals surface area contributed by atoms with Gasteiger partial charge in [-0.1, -0.05) is 17.7 Å². The summed E-state index contributed by atoms with van der Waals surface area (Å²) in [5.74, 6) is -1.34. The fraction of sp³-hybridized carbons (Fsp3) is 0.500. The number of rotatable bonds is 3. The number of aliphatic carboxylic acids is 1. The highest BCUT2D eigenvalue weighted by Gasteiger charge is 2.42. The molecule has 5 nitrogen and oxygen atoms in total. The van der Waals surface area contributed by atoms with Gasteiger partial charge in [0.1, 0.15) is 5.75 Å². The highest BCUT2D eigenvalue weighted by atomic mass is 35.5. The van der Waals surface area contributed by atoms with Crippen LogP contribution in [0.2, 0.25) is 5.02 Å². The Kier molecular flexibility index (Phi) is 4.25. The number of carboxylic acids is 1. The normalized spacial score (nSPS) is 26.9. The lowest BCUT2D eigenvalue weighted by molar-refractivity contribution is -0.153. The molecule has 22 heavy (non-hydrogen) atoms. The molecule has 6 heteroatoms. The minimum atomic E-state index is -0.886. The number of ether oxygens (including phenoxy) is 1. The molecule has 1 aliphatic carbocycles. The molecular formula is C16H18ClNO4. The van der Waals surface area contributed by atoms with E-state index in [-0.39, 0.29) is 11.9 Å². The van der Waals surface area contributed by atoms with Gasteiger partial charge >= 0.3 is 5.97 Å². The highest BCUT2D eigenvalue weighted by molar-refractivity contribution is 6.30. The molecule has 0 radical (unpaired) electrons. The second-order valence-corrected chi connectivity index (χ2v) is 6.30. The third-order valence-electron chi connectivity index (χ3n) is 4.49. The van der Waals surface area contributed by atoms with Crippen LogP contribution in [0, 0.1) is 11.8 Å². The average Bonchev–Trinajstić information content (AvgIpc) is 2.58. The molecule has 0 spiro atoms. The number of hydrogen-bond acceptors (Lipinski definition) is 3. The van der Waals surface area contributed by atoms with E-state index in [1.807, 2.05) is 6.07 Å². The van der Waals surface area contributed by atoms with Gasteiger partial charge in [-0.2, -0.15) is 0 Å². The van der Waals surface area contributed by atoms with E-state index in [2.05, 4.69) is 5.32 Å². The van der Waals surface area contributed by atoms with Crippen molar-refractivity contribution in [2.24, 2.45) is 11.8 Å². The second-order valence-electron chi connectivity index (χ2n) is 5.86. The number of carboxylic acid groups (broad SMARTS) is 1. The highest BCUT2D eigenvalue weighted by Crippen LogP contribution is 2.37. The maximum absolute atomic E-state index is 12.4. The maximum Gasteiger partial charge on any atom is 0.307 e. The van der Waals surface area contributed by atoms with Gasteiger partial charge in [-0.15, -0.1) is 0 Å². The second kappa shape index (κ2) is 6.16. The van der Waals surface area contributed by atoms with Crippen LogP contribution in [0.1, 0.15) is 37.3 Å². The Morgan fingerprint density at radius 3 is 2.68 bits per heavy atom. The lowest BCUT2D eigenvalue weighted by Gasteiger charge is -2.33. The summed E-state index contributed by atoms with van der Waals surface area (Å²) < 4.78 is 5.67. The van der Waals surface area contributed by atoms with E-state index in [4.69, 9.17) is 21.4 Å². The van der Waals surface area contributed by atoms with Crippen molar-refractivity contribution in [2.45, 2.75) is 31.7 Å². The van der Waals surface area contributed by atoms with E-state index in [0.717, 1.165) is 18.4 Å². The number of halogens is 1. The van der Waals surface area contributed by atoms with Crippen molar-refractivity contribution < 1.29 is 19.4 Å². The Morgan fingerprint density at radius 2 is 2.00 bits per heavy atom. The standard InChI is InChI=1S/C16H18ClNO4/c17-9-3-4-12-13(2-1-7-22-14(12)8-9)18-15(19)10-5-6-11(10)16(20)21/h3-4,8,10-11,13H,1-2,5-7H2,(H,18,19)(H,20,21). The van der Waals surface area contributed by atoms with E-state index >= 15 is 0 Å². The molecule has 0 saturated heterocycles. The summed E-state index contributed by atoms with van der Waals surface area (Å²) in [5.41, 5.74) is 0.904. The van der Waals surface area contributed by atoms with Crippen LogP contribution in [0.4, 0.5) is 0 Å². The quantitative estimate of drug-likeness (QED) is 0.897. The third-order valence-corrected chi connectivity index (χ3v) is 4.73. The van der Waals surface area contributed by atoms with Gasteiger partial charge in [0, 0.05) is 10.6 Å². The molecule has 3 rings (SSSR count). The Hall–Kier alpha value is -1.75. The molecule has 0 aromatic heterocycles. The summed E-state index contributed by atoms with van der Waals surface area (Å²) >= 11 is 5.99.